The van der Waals surface area contributed by atoms with Crippen molar-refractivity contribution in [2.45, 2.75) is 46.7 Å². The summed E-state index contributed by atoms with van der Waals surface area (Å²) in [6.07, 6.45) is 3.88. The van der Waals surface area contributed by atoms with E-state index in [9.17, 15) is 14.4 Å². The fourth-order valence-electron chi connectivity index (χ4n) is 5.59. The fraction of sp³-hybridized carbons (Fsp3) is 0.370. The van der Waals surface area contributed by atoms with Gasteiger partial charge in [0.15, 0.2) is 5.78 Å². The Hall–Kier alpha value is -3.21. The summed E-state index contributed by atoms with van der Waals surface area (Å²) in [6, 6.07) is 12.7. The molecule has 5 heteroatoms. The van der Waals surface area contributed by atoms with Gasteiger partial charge in [0.2, 0.25) is 11.8 Å². The van der Waals surface area contributed by atoms with Gasteiger partial charge in [-0.2, -0.15) is 0 Å². The maximum atomic E-state index is 13.9. The van der Waals surface area contributed by atoms with Gasteiger partial charge in [-0.3, -0.25) is 14.4 Å². The summed E-state index contributed by atoms with van der Waals surface area (Å²) >= 11 is 0. The number of carbonyl (C=O) groups excluding carboxylic acids is 3. The van der Waals surface area contributed by atoms with Gasteiger partial charge in [0, 0.05) is 11.6 Å². The van der Waals surface area contributed by atoms with E-state index in [0.717, 1.165) is 22.3 Å². The van der Waals surface area contributed by atoms with Crippen molar-refractivity contribution in [3.05, 3.63) is 70.9 Å². The molecule has 0 bridgehead atoms. The van der Waals surface area contributed by atoms with Crippen LogP contribution in [0.5, 0.6) is 0 Å². The number of ketones is 1. The van der Waals surface area contributed by atoms with Crippen LogP contribution < -0.4 is 4.90 Å². The first-order valence-electron chi connectivity index (χ1n) is 11.1. The molecule has 0 saturated carbocycles. The predicted octanol–water partition coefficient (Wildman–Crippen LogP) is 4.43. The lowest BCUT2D eigenvalue weighted by atomic mass is 9.79. The van der Waals surface area contributed by atoms with E-state index in [-0.39, 0.29) is 23.6 Å². The monoisotopic (exact) mass is 428 g/mol. The van der Waals surface area contributed by atoms with Crippen LogP contribution in [0.2, 0.25) is 0 Å². The van der Waals surface area contributed by atoms with Gasteiger partial charge in [-0.1, -0.05) is 62.7 Å². The third-order valence-corrected chi connectivity index (χ3v) is 7.06. The molecule has 5 rings (SSSR count). The van der Waals surface area contributed by atoms with Gasteiger partial charge in [0.05, 0.1) is 23.6 Å². The molecule has 3 aliphatic heterocycles. The second-order valence-corrected chi connectivity index (χ2v) is 10.2. The first-order chi connectivity index (χ1) is 15.1. The highest BCUT2D eigenvalue weighted by Crippen LogP contribution is 2.54. The number of fused-ring (bicyclic) bond motifs is 5. The van der Waals surface area contributed by atoms with Crippen LogP contribution in [-0.4, -0.2) is 28.5 Å². The van der Waals surface area contributed by atoms with E-state index in [1.54, 1.807) is 0 Å². The highest BCUT2D eigenvalue weighted by molar-refractivity contribution is 6.24. The minimum Gasteiger partial charge on any atom is -0.359 e. The quantitative estimate of drug-likeness (QED) is 0.664. The molecule has 5 nitrogen and oxygen atoms in total. The van der Waals surface area contributed by atoms with E-state index < -0.39 is 23.3 Å². The maximum absolute atomic E-state index is 13.9. The van der Waals surface area contributed by atoms with Crippen LogP contribution in [0.25, 0.3) is 6.08 Å². The summed E-state index contributed by atoms with van der Waals surface area (Å²) in [6.45, 7) is 9.54. The van der Waals surface area contributed by atoms with Crippen LogP contribution in [-0.2, 0) is 14.4 Å². The normalized spacial score (nSPS) is 26.3. The number of anilines is 1. The summed E-state index contributed by atoms with van der Waals surface area (Å²) in [5.74, 6) is -1.78. The lowest BCUT2D eigenvalue weighted by molar-refractivity contribution is -0.135. The summed E-state index contributed by atoms with van der Waals surface area (Å²) in [4.78, 5) is 44.6. The Morgan fingerprint density at radius 1 is 0.938 bits per heavy atom. The molecule has 3 heterocycles. The zero-order valence-corrected chi connectivity index (χ0v) is 19.1. The largest absolute Gasteiger partial charge is 0.359 e. The van der Waals surface area contributed by atoms with Crippen LogP contribution in [0.1, 0.15) is 49.1 Å². The molecule has 2 fully saturated rings. The Morgan fingerprint density at radius 2 is 1.62 bits per heavy atom. The van der Waals surface area contributed by atoms with E-state index in [1.165, 1.54) is 4.90 Å². The number of nitrogens with zero attached hydrogens (tertiary/aromatic N) is 2. The number of carbonyl (C=O) groups is 3. The molecule has 164 valence electrons. The van der Waals surface area contributed by atoms with Gasteiger partial charge >= 0.3 is 0 Å². The van der Waals surface area contributed by atoms with Crippen molar-refractivity contribution in [3.8, 4) is 0 Å². The summed E-state index contributed by atoms with van der Waals surface area (Å²) in [5.41, 5.74) is 3.97. The molecule has 2 saturated heterocycles. The number of benzene rings is 2. The minimum atomic E-state index is -0.698. The van der Waals surface area contributed by atoms with Gasteiger partial charge in [0.1, 0.15) is 6.04 Å². The van der Waals surface area contributed by atoms with E-state index in [0.29, 0.717) is 5.69 Å². The molecule has 3 aliphatic rings. The van der Waals surface area contributed by atoms with E-state index in [4.69, 9.17) is 0 Å². The maximum Gasteiger partial charge on any atom is 0.240 e. The van der Waals surface area contributed by atoms with Crippen LogP contribution in [0.15, 0.2) is 48.7 Å². The van der Waals surface area contributed by atoms with Gasteiger partial charge < -0.3 is 4.90 Å². The predicted molar refractivity (Wildman–Crippen MR) is 124 cm³/mol. The average Bonchev–Trinajstić information content (AvgIpc) is 3.20. The molecule has 0 radical (unpaired) electrons. The first-order valence-corrected chi connectivity index (χ1v) is 11.1. The molecule has 2 amide bonds. The Morgan fingerprint density at radius 3 is 2.31 bits per heavy atom. The number of imide groups is 1. The Bertz CT molecular complexity index is 1190. The molecule has 0 aliphatic carbocycles. The van der Waals surface area contributed by atoms with Crippen molar-refractivity contribution < 1.29 is 14.4 Å². The first kappa shape index (κ1) is 20.7. The van der Waals surface area contributed by atoms with Gasteiger partial charge in [-0.15, -0.1) is 0 Å². The molecule has 0 aromatic heterocycles. The summed E-state index contributed by atoms with van der Waals surface area (Å²) in [5, 5.41) is 0. The van der Waals surface area contributed by atoms with Crippen molar-refractivity contribution in [2.75, 3.05) is 4.90 Å². The number of Topliss-reactive ketones (excluding diaryl/α,β-unsaturated/α-hetero) is 1. The average molecular weight is 429 g/mol. The molecular formula is C27H28N2O3. The lowest BCUT2D eigenvalue weighted by Gasteiger charge is -2.37. The van der Waals surface area contributed by atoms with Crippen LogP contribution >= 0.6 is 0 Å². The third-order valence-electron chi connectivity index (χ3n) is 7.06. The molecule has 0 spiro atoms. The Labute approximate surface area is 188 Å². The van der Waals surface area contributed by atoms with Gasteiger partial charge in [-0.25, -0.2) is 4.90 Å². The van der Waals surface area contributed by atoms with E-state index in [2.05, 4.69) is 0 Å². The van der Waals surface area contributed by atoms with Gasteiger partial charge in [0.25, 0.3) is 0 Å². The van der Waals surface area contributed by atoms with Crippen LogP contribution in [0.4, 0.5) is 5.69 Å². The van der Waals surface area contributed by atoms with Crippen molar-refractivity contribution in [1.29, 1.82) is 0 Å². The fourth-order valence-corrected chi connectivity index (χ4v) is 5.59. The Balaban J connectivity index is 1.68. The van der Waals surface area contributed by atoms with Crippen molar-refractivity contribution >= 4 is 29.4 Å². The number of aryl methyl sites for hydroxylation is 2. The molecule has 2 aromatic carbocycles. The minimum absolute atomic E-state index is 0.0114. The SMILES string of the molecule is Cc1ccc(N2C(=O)[C@H]3[C@@H](C2=O)C2c4ccccc4C=CN2[C@H]3C(=O)C(C)(C)C)c(C)c1. The zero-order chi connectivity index (χ0) is 22.9. The number of amides is 2. The third kappa shape index (κ3) is 2.80. The molecule has 1 unspecified atom stereocenters. The number of hydrogen-bond acceptors (Lipinski definition) is 4. The highest BCUT2D eigenvalue weighted by atomic mass is 16.2. The summed E-state index contributed by atoms with van der Waals surface area (Å²) < 4.78 is 0. The highest BCUT2D eigenvalue weighted by Gasteiger charge is 2.65. The smallest absolute Gasteiger partial charge is 0.240 e. The van der Waals surface area contributed by atoms with Crippen LogP contribution in [0.3, 0.4) is 0 Å². The lowest BCUT2D eigenvalue weighted by Crippen LogP contribution is -2.47. The number of rotatable bonds is 2. The van der Waals surface area contributed by atoms with Crippen molar-refractivity contribution in [3.63, 3.8) is 0 Å². The molecule has 32 heavy (non-hydrogen) atoms. The van der Waals surface area contributed by atoms with Crippen molar-refractivity contribution in [1.82, 2.24) is 4.90 Å². The van der Waals surface area contributed by atoms with Crippen LogP contribution in [0, 0.1) is 31.1 Å². The zero-order valence-electron chi connectivity index (χ0n) is 19.1. The van der Waals surface area contributed by atoms with E-state index in [1.807, 2.05) is 94.3 Å². The van der Waals surface area contributed by atoms with Crippen molar-refractivity contribution in [2.24, 2.45) is 17.3 Å². The Kier molecular flexibility index (Phi) is 4.45. The molecule has 2 aromatic rings. The molecular weight excluding hydrogens is 400 g/mol. The standard InChI is InChI=1S/C27H28N2O3/c1-15-10-11-19(16(2)14-15)29-25(31)20-21(26(29)32)23(24(30)27(3,4)5)28-13-12-17-8-6-7-9-18(17)22(20)28/h6-14,20-23H,1-5H3/t20-,21+,22?,23-/m1/s1. The van der Waals surface area contributed by atoms with E-state index >= 15 is 0 Å². The topological polar surface area (TPSA) is 57.7 Å². The summed E-state index contributed by atoms with van der Waals surface area (Å²) in [7, 11) is 0. The molecule has 0 N–H and O–H groups in total. The number of hydrogen-bond donors (Lipinski definition) is 0. The van der Waals surface area contributed by atoms with Gasteiger partial charge in [-0.05, 0) is 42.7 Å². The second-order valence-electron chi connectivity index (χ2n) is 10.2. The second kappa shape index (κ2) is 6.89. The molecule has 4 atom stereocenters.